The molecule has 6 nitrogen and oxygen atoms in total. The van der Waals surface area contributed by atoms with E-state index < -0.39 is 0 Å². The number of benzene rings is 1. The number of hydrogen-bond donors (Lipinski definition) is 0. The molecule has 138 valence electrons. The zero-order chi connectivity index (χ0) is 18.3. The minimum Gasteiger partial charge on any atom is -0.368 e. The molecule has 0 amide bonds. The van der Waals surface area contributed by atoms with Gasteiger partial charge in [0.25, 0.3) is 0 Å². The van der Waals surface area contributed by atoms with Crippen LogP contribution in [-0.4, -0.2) is 44.5 Å². The molecule has 1 spiro atoms. The van der Waals surface area contributed by atoms with Crippen LogP contribution < -0.4 is 0 Å². The molecule has 0 unspecified atom stereocenters. The van der Waals surface area contributed by atoms with E-state index in [0.717, 1.165) is 68.1 Å². The zero-order valence-electron chi connectivity index (χ0n) is 15.6. The third kappa shape index (κ3) is 3.09. The van der Waals surface area contributed by atoms with Gasteiger partial charge < -0.3 is 4.74 Å². The fourth-order valence-corrected chi connectivity index (χ4v) is 4.32. The maximum absolute atomic E-state index is 6.31. The Labute approximate surface area is 158 Å². The fourth-order valence-electron chi connectivity index (χ4n) is 4.32. The van der Waals surface area contributed by atoms with Crippen LogP contribution in [-0.2, 0) is 23.3 Å². The summed E-state index contributed by atoms with van der Waals surface area (Å²) in [5, 5.41) is 0. The van der Waals surface area contributed by atoms with E-state index in [9.17, 15) is 0 Å². The summed E-state index contributed by atoms with van der Waals surface area (Å²) in [6, 6.07) is 6.36. The molecule has 4 heterocycles. The van der Waals surface area contributed by atoms with Crippen LogP contribution in [0.15, 0.2) is 36.8 Å². The zero-order valence-corrected chi connectivity index (χ0v) is 15.6. The number of fused-ring (bicyclic) bond motifs is 3. The lowest BCUT2D eigenvalue weighted by molar-refractivity contribution is -0.102. The monoisotopic (exact) mass is 361 g/mol. The highest BCUT2D eigenvalue weighted by atomic mass is 16.5. The number of rotatable bonds is 2. The minimum absolute atomic E-state index is 0.230. The maximum Gasteiger partial charge on any atom is 0.125 e. The van der Waals surface area contributed by atoms with E-state index in [1.807, 2.05) is 13.1 Å². The van der Waals surface area contributed by atoms with Crippen LogP contribution in [0.4, 0.5) is 0 Å². The molecule has 0 N–H and O–H groups in total. The highest BCUT2D eigenvalue weighted by molar-refractivity contribution is 5.74. The molecule has 27 heavy (non-hydrogen) atoms. The van der Waals surface area contributed by atoms with Gasteiger partial charge >= 0.3 is 0 Å². The van der Waals surface area contributed by atoms with Gasteiger partial charge in [0.05, 0.1) is 23.3 Å². The molecule has 2 aromatic heterocycles. The molecule has 2 aliphatic heterocycles. The van der Waals surface area contributed by atoms with Gasteiger partial charge in [-0.25, -0.2) is 9.97 Å². The number of hydrogen-bond acceptors (Lipinski definition) is 6. The van der Waals surface area contributed by atoms with Gasteiger partial charge in [-0.15, -0.1) is 0 Å². The van der Waals surface area contributed by atoms with Crippen LogP contribution in [0.2, 0.25) is 0 Å². The van der Waals surface area contributed by atoms with E-state index in [1.54, 1.807) is 12.4 Å². The van der Waals surface area contributed by atoms with E-state index in [4.69, 9.17) is 9.72 Å². The molecule has 1 aromatic carbocycles. The predicted octanol–water partition coefficient (Wildman–Crippen LogP) is 2.79. The van der Waals surface area contributed by atoms with Crippen molar-refractivity contribution in [2.24, 2.45) is 0 Å². The van der Waals surface area contributed by atoms with Crippen molar-refractivity contribution in [2.75, 3.05) is 19.7 Å². The van der Waals surface area contributed by atoms with Crippen molar-refractivity contribution in [2.45, 2.75) is 38.3 Å². The summed E-state index contributed by atoms with van der Waals surface area (Å²) in [5.74, 6) is 0.832. The molecular weight excluding hydrogens is 338 g/mol. The van der Waals surface area contributed by atoms with E-state index in [2.05, 4.69) is 38.1 Å². The topological polar surface area (TPSA) is 64.0 Å². The van der Waals surface area contributed by atoms with Gasteiger partial charge in [0.1, 0.15) is 11.4 Å². The Kier molecular flexibility index (Phi) is 4.10. The number of likely N-dealkylation sites (tertiary alicyclic amines) is 1. The summed E-state index contributed by atoms with van der Waals surface area (Å²) in [7, 11) is 0. The normalized spacial score (nSPS) is 19.3. The second-order valence-electron chi connectivity index (χ2n) is 7.54. The third-order valence-electron chi connectivity index (χ3n) is 5.77. The summed E-state index contributed by atoms with van der Waals surface area (Å²) in [4.78, 5) is 20.4. The summed E-state index contributed by atoms with van der Waals surface area (Å²) in [6.45, 7) is 5.66. The Hall–Kier alpha value is -2.44. The first-order valence-electron chi connectivity index (χ1n) is 9.61. The van der Waals surface area contributed by atoms with Crippen molar-refractivity contribution >= 4 is 11.0 Å². The van der Waals surface area contributed by atoms with Gasteiger partial charge in [0.15, 0.2) is 0 Å². The molecule has 1 fully saturated rings. The van der Waals surface area contributed by atoms with Gasteiger partial charge in [-0.1, -0.05) is 6.07 Å². The van der Waals surface area contributed by atoms with E-state index >= 15 is 0 Å². The number of nitrogens with zero attached hydrogens (tertiary/aromatic N) is 5. The van der Waals surface area contributed by atoms with Crippen LogP contribution in [0, 0.1) is 6.92 Å². The highest BCUT2D eigenvalue weighted by Gasteiger charge is 2.42. The van der Waals surface area contributed by atoms with Crippen LogP contribution in [0.25, 0.3) is 11.0 Å². The molecule has 2 aliphatic rings. The van der Waals surface area contributed by atoms with Crippen molar-refractivity contribution < 1.29 is 4.74 Å². The first kappa shape index (κ1) is 16.7. The van der Waals surface area contributed by atoms with Crippen molar-refractivity contribution in [3.05, 3.63) is 59.4 Å². The molecule has 0 saturated carbocycles. The highest BCUT2D eigenvalue weighted by Crippen LogP contribution is 2.40. The SMILES string of the molecule is Cc1ncc2c(n1)C1(CCN(Cc3ccc4nccnc4c3)CC1)OCC2. The van der Waals surface area contributed by atoms with Gasteiger partial charge in [0.2, 0.25) is 0 Å². The summed E-state index contributed by atoms with van der Waals surface area (Å²) in [6.07, 6.45) is 8.34. The first-order valence-corrected chi connectivity index (χ1v) is 9.61. The Bertz CT molecular complexity index is 981. The van der Waals surface area contributed by atoms with Crippen molar-refractivity contribution in [1.29, 1.82) is 0 Å². The quantitative estimate of drug-likeness (QED) is 0.699. The largest absolute Gasteiger partial charge is 0.368 e. The Balaban J connectivity index is 1.32. The first-order chi connectivity index (χ1) is 13.2. The Morgan fingerprint density at radius 3 is 2.74 bits per heavy atom. The summed E-state index contributed by atoms with van der Waals surface area (Å²) < 4.78 is 6.31. The molecule has 0 aliphatic carbocycles. The lowest BCUT2D eigenvalue weighted by Crippen LogP contribution is -2.47. The maximum atomic E-state index is 6.31. The average Bonchev–Trinajstić information content (AvgIpc) is 2.70. The smallest absolute Gasteiger partial charge is 0.125 e. The number of aryl methyl sites for hydroxylation is 1. The Morgan fingerprint density at radius 1 is 1.07 bits per heavy atom. The second kappa shape index (κ2) is 6.62. The molecular formula is C21H23N5O. The van der Waals surface area contributed by atoms with Crippen molar-refractivity contribution in [3.8, 4) is 0 Å². The standard InChI is InChI=1S/C21H23N5O/c1-15-24-13-17-4-11-27-21(20(17)25-15)5-9-26(10-6-21)14-16-2-3-18-19(12-16)23-8-7-22-18/h2-3,7-8,12-13H,4-6,9-11,14H2,1H3. The summed E-state index contributed by atoms with van der Waals surface area (Å²) in [5.41, 5.74) is 5.34. The van der Waals surface area contributed by atoms with Crippen LogP contribution in [0.1, 0.15) is 35.5 Å². The minimum atomic E-state index is -0.230. The second-order valence-corrected chi connectivity index (χ2v) is 7.54. The molecule has 1 saturated heterocycles. The van der Waals surface area contributed by atoms with Crippen LogP contribution in [0.3, 0.4) is 0 Å². The van der Waals surface area contributed by atoms with Crippen molar-refractivity contribution in [3.63, 3.8) is 0 Å². The molecule has 0 radical (unpaired) electrons. The molecule has 0 atom stereocenters. The van der Waals surface area contributed by atoms with E-state index in [-0.39, 0.29) is 5.60 Å². The third-order valence-corrected chi connectivity index (χ3v) is 5.77. The van der Waals surface area contributed by atoms with Crippen molar-refractivity contribution in [1.82, 2.24) is 24.8 Å². The average molecular weight is 361 g/mol. The molecule has 5 rings (SSSR count). The number of aromatic nitrogens is 4. The summed E-state index contributed by atoms with van der Waals surface area (Å²) >= 11 is 0. The van der Waals surface area contributed by atoms with Gasteiger partial charge in [0, 0.05) is 38.2 Å². The lowest BCUT2D eigenvalue weighted by atomic mass is 9.83. The van der Waals surface area contributed by atoms with Gasteiger partial charge in [-0.05, 0) is 49.4 Å². The fraction of sp³-hybridized carbons (Fsp3) is 0.429. The Morgan fingerprint density at radius 2 is 1.89 bits per heavy atom. The molecule has 0 bridgehead atoms. The molecule has 3 aromatic rings. The number of ether oxygens (including phenoxy) is 1. The van der Waals surface area contributed by atoms with Crippen LogP contribution in [0.5, 0.6) is 0 Å². The predicted molar refractivity (Wildman–Crippen MR) is 102 cm³/mol. The van der Waals surface area contributed by atoms with Gasteiger partial charge in [-0.2, -0.15) is 0 Å². The van der Waals surface area contributed by atoms with E-state index in [1.165, 1.54) is 11.1 Å². The lowest BCUT2D eigenvalue weighted by Gasteiger charge is -2.44. The molecule has 6 heteroatoms. The van der Waals surface area contributed by atoms with Gasteiger partial charge in [-0.3, -0.25) is 14.9 Å². The number of piperidine rings is 1. The van der Waals surface area contributed by atoms with Crippen LogP contribution >= 0.6 is 0 Å². The van der Waals surface area contributed by atoms with E-state index in [0.29, 0.717) is 0 Å².